The van der Waals surface area contributed by atoms with Crippen LogP contribution in [-0.2, 0) is 4.79 Å². The number of hydrogen-bond acceptors (Lipinski definition) is 2. The van der Waals surface area contributed by atoms with E-state index in [-0.39, 0.29) is 11.5 Å². The van der Waals surface area contributed by atoms with Crippen molar-refractivity contribution in [2.45, 2.75) is 6.04 Å². The summed E-state index contributed by atoms with van der Waals surface area (Å²) >= 11 is 0. The molecule has 1 aliphatic carbocycles. The molecule has 4 heteroatoms. The summed E-state index contributed by atoms with van der Waals surface area (Å²) in [4.78, 5) is 23.7. The Labute approximate surface area is 109 Å². The fraction of sp³-hybridized carbons (Fsp3) is 0.0667. The molecule has 0 radical (unpaired) electrons. The van der Waals surface area contributed by atoms with Crippen LogP contribution in [0, 0.1) is 0 Å². The highest BCUT2D eigenvalue weighted by molar-refractivity contribution is 6.21. The van der Waals surface area contributed by atoms with Gasteiger partial charge in [0.1, 0.15) is 0 Å². The molecule has 1 heterocycles. The number of nitrogens with one attached hydrogen (secondary N) is 1. The Balaban J connectivity index is 2.32. The molecule has 0 saturated carbocycles. The molecule has 0 fully saturated rings. The lowest BCUT2D eigenvalue weighted by atomic mass is 9.92. The molecule has 1 atom stereocenters. The van der Waals surface area contributed by atoms with Crippen molar-refractivity contribution < 1.29 is 14.7 Å². The topological polar surface area (TPSA) is 66.4 Å². The van der Waals surface area contributed by atoms with Gasteiger partial charge < -0.3 is 10.4 Å². The van der Waals surface area contributed by atoms with Crippen molar-refractivity contribution in [3.05, 3.63) is 65.3 Å². The fourth-order valence-corrected chi connectivity index (χ4v) is 2.42. The molecular weight excluding hydrogens is 242 g/mol. The summed E-state index contributed by atoms with van der Waals surface area (Å²) in [5, 5.41) is 12.3. The molecular formula is C15H11NO3. The molecule has 1 aromatic rings. The Morgan fingerprint density at radius 2 is 1.89 bits per heavy atom. The molecule has 0 spiro atoms. The third-order valence-corrected chi connectivity index (χ3v) is 3.26. The van der Waals surface area contributed by atoms with Gasteiger partial charge in [0.2, 0.25) is 0 Å². The molecule has 94 valence electrons. The predicted molar refractivity (Wildman–Crippen MR) is 70.5 cm³/mol. The smallest absolute Gasteiger partial charge is 0.336 e. The van der Waals surface area contributed by atoms with Crippen LogP contribution in [0.25, 0.3) is 5.57 Å². The minimum atomic E-state index is -1.02. The quantitative estimate of drug-likeness (QED) is 0.801. The van der Waals surface area contributed by atoms with E-state index >= 15 is 0 Å². The highest BCUT2D eigenvalue weighted by Crippen LogP contribution is 2.30. The van der Waals surface area contributed by atoms with Crippen LogP contribution in [0.3, 0.4) is 0 Å². The van der Waals surface area contributed by atoms with Gasteiger partial charge in [-0.25, -0.2) is 4.79 Å². The van der Waals surface area contributed by atoms with Crippen LogP contribution in [-0.4, -0.2) is 23.0 Å². The van der Waals surface area contributed by atoms with Crippen LogP contribution >= 0.6 is 0 Å². The van der Waals surface area contributed by atoms with Gasteiger partial charge in [0.15, 0.2) is 0 Å². The van der Waals surface area contributed by atoms with Crippen molar-refractivity contribution in [2.24, 2.45) is 0 Å². The summed E-state index contributed by atoms with van der Waals surface area (Å²) < 4.78 is 0. The van der Waals surface area contributed by atoms with E-state index in [1.54, 1.807) is 48.6 Å². The van der Waals surface area contributed by atoms with Crippen molar-refractivity contribution in [2.75, 3.05) is 0 Å². The summed E-state index contributed by atoms with van der Waals surface area (Å²) in [5.74, 6) is -1.28. The van der Waals surface area contributed by atoms with Crippen LogP contribution in [0.2, 0.25) is 0 Å². The number of carbonyl (C=O) groups is 2. The Kier molecular flexibility index (Phi) is 2.56. The third-order valence-electron chi connectivity index (χ3n) is 3.26. The fourth-order valence-electron chi connectivity index (χ4n) is 2.42. The number of aliphatic carboxylic acids is 1. The minimum absolute atomic E-state index is 0.180. The third kappa shape index (κ3) is 1.78. The molecule has 4 nitrogen and oxygen atoms in total. The van der Waals surface area contributed by atoms with Gasteiger partial charge in [-0.3, -0.25) is 4.79 Å². The molecule has 19 heavy (non-hydrogen) atoms. The predicted octanol–water partition coefficient (Wildman–Crippen LogP) is 1.76. The van der Waals surface area contributed by atoms with Gasteiger partial charge in [-0.2, -0.15) is 0 Å². The summed E-state index contributed by atoms with van der Waals surface area (Å²) in [6.07, 6.45) is 7.08. The first-order chi connectivity index (χ1) is 9.18. The van der Waals surface area contributed by atoms with Gasteiger partial charge in [-0.1, -0.05) is 42.5 Å². The summed E-state index contributed by atoms with van der Waals surface area (Å²) in [5.41, 5.74) is 1.64. The van der Waals surface area contributed by atoms with Crippen LogP contribution in [0.5, 0.6) is 0 Å². The molecule has 3 rings (SSSR count). The second-order valence-electron chi connectivity index (χ2n) is 4.38. The van der Waals surface area contributed by atoms with Crippen molar-refractivity contribution in [1.82, 2.24) is 5.32 Å². The van der Waals surface area contributed by atoms with Gasteiger partial charge in [0, 0.05) is 11.1 Å². The first kappa shape index (κ1) is 11.5. The summed E-state index contributed by atoms with van der Waals surface area (Å²) in [7, 11) is 0. The normalized spacial score (nSPS) is 20.4. The number of hydrogen-bond donors (Lipinski definition) is 2. The number of benzene rings is 1. The van der Waals surface area contributed by atoms with Gasteiger partial charge >= 0.3 is 5.97 Å². The summed E-state index contributed by atoms with van der Waals surface area (Å²) in [6, 6.07) is 6.37. The minimum Gasteiger partial charge on any atom is -0.478 e. The number of carboxylic acids is 1. The molecule has 1 aliphatic heterocycles. The maximum absolute atomic E-state index is 12.1. The molecule has 1 amide bonds. The molecule has 0 bridgehead atoms. The molecule has 1 aromatic carbocycles. The zero-order chi connectivity index (χ0) is 13.4. The Morgan fingerprint density at radius 3 is 2.63 bits per heavy atom. The number of carboxylic acid groups (broad SMARTS) is 1. The first-order valence-corrected chi connectivity index (χ1v) is 5.91. The molecule has 2 aliphatic rings. The van der Waals surface area contributed by atoms with E-state index in [1.807, 2.05) is 0 Å². The van der Waals surface area contributed by atoms with Crippen molar-refractivity contribution in [3.8, 4) is 0 Å². The number of amides is 1. The van der Waals surface area contributed by atoms with Crippen LogP contribution in [0.4, 0.5) is 0 Å². The Bertz CT molecular complexity index is 668. The summed E-state index contributed by atoms with van der Waals surface area (Å²) in [6.45, 7) is 0. The molecule has 0 aromatic heterocycles. The monoisotopic (exact) mass is 253 g/mol. The number of carbonyl (C=O) groups excluding carboxylic acids is 1. The van der Waals surface area contributed by atoms with Gasteiger partial charge in [0.05, 0.1) is 11.6 Å². The highest BCUT2D eigenvalue weighted by Gasteiger charge is 2.29. The number of fused-ring (bicyclic) bond motifs is 2. The standard InChI is InChI=1S/C15H11NO3/c17-14-10-6-2-1-5-9(10)13(15(18)19)11-7-3-4-8-12(11)16-14/h1-8,12H,(H,16,17)(H,18,19). The lowest BCUT2D eigenvalue weighted by Gasteiger charge is -2.17. The Morgan fingerprint density at radius 1 is 1.16 bits per heavy atom. The maximum atomic E-state index is 12.1. The van der Waals surface area contributed by atoms with E-state index in [0.29, 0.717) is 16.7 Å². The van der Waals surface area contributed by atoms with Crippen LogP contribution in [0.15, 0.2) is 54.1 Å². The van der Waals surface area contributed by atoms with E-state index in [2.05, 4.69) is 5.32 Å². The maximum Gasteiger partial charge on any atom is 0.336 e. The van der Waals surface area contributed by atoms with Crippen molar-refractivity contribution >= 4 is 17.4 Å². The number of rotatable bonds is 1. The van der Waals surface area contributed by atoms with E-state index < -0.39 is 12.0 Å². The van der Waals surface area contributed by atoms with Crippen LogP contribution < -0.4 is 5.32 Å². The van der Waals surface area contributed by atoms with E-state index in [4.69, 9.17) is 0 Å². The largest absolute Gasteiger partial charge is 0.478 e. The van der Waals surface area contributed by atoms with Crippen LogP contribution in [0.1, 0.15) is 15.9 Å². The van der Waals surface area contributed by atoms with Gasteiger partial charge in [-0.15, -0.1) is 0 Å². The average molecular weight is 253 g/mol. The Hall–Kier alpha value is -2.62. The molecule has 1 unspecified atom stereocenters. The van der Waals surface area contributed by atoms with Gasteiger partial charge in [0.25, 0.3) is 5.91 Å². The molecule has 0 saturated heterocycles. The second-order valence-corrected chi connectivity index (χ2v) is 4.38. The molecule has 2 N–H and O–H groups in total. The SMILES string of the molecule is O=C(O)C1=C2C=CC=CC2NC(=O)c2ccccc21. The highest BCUT2D eigenvalue weighted by atomic mass is 16.4. The van der Waals surface area contributed by atoms with E-state index in [0.717, 1.165) is 0 Å². The van der Waals surface area contributed by atoms with E-state index in [9.17, 15) is 14.7 Å². The van der Waals surface area contributed by atoms with Crippen molar-refractivity contribution in [1.29, 1.82) is 0 Å². The van der Waals surface area contributed by atoms with Gasteiger partial charge in [-0.05, 0) is 11.6 Å². The van der Waals surface area contributed by atoms with E-state index in [1.165, 1.54) is 0 Å². The first-order valence-electron chi connectivity index (χ1n) is 5.91. The number of allylic oxidation sites excluding steroid dienone is 2. The zero-order valence-corrected chi connectivity index (χ0v) is 9.96. The zero-order valence-electron chi connectivity index (χ0n) is 9.96. The lowest BCUT2D eigenvalue weighted by molar-refractivity contribution is -0.130. The van der Waals surface area contributed by atoms with Crippen molar-refractivity contribution in [3.63, 3.8) is 0 Å². The average Bonchev–Trinajstić information content (AvgIpc) is 2.53. The second kappa shape index (κ2) is 4.24. The lowest BCUT2D eigenvalue weighted by Crippen LogP contribution is -2.34.